The first kappa shape index (κ1) is 11.3. The lowest BCUT2D eigenvalue weighted by molar-refractivity contribution is 0.0411. The van der Waals surface area contributed by atoms with Gasteiger partial charge in [0.1, 0.15) is 6.23 Å². The van der Waals surface area contributed by atoms with E-state index in [0.29, 0.717) is 6.23 Å². The Morgan fingerprint density at radius 1 is 1.23 bits per heavy atom. The molecule has 0 aliphatic carbocycles. The van der Waals surface area contributed by atoms with Gasteiger partial charge in [-0.15, -0.1) is 11.6 Å². The summed E-state index contributed by atoms with van der Waals surface area (Å²) in [5.74, 6) is 0.797. The molecule has 13 heavy (non-hydrogen) atoms. The number of ether oxygens (including phenoxy) is 1. The van der Waals surface area contributed by atoms with Crippen molar-refractivity contribution in [2.24, 2.45) is 0 Å². The number of hydrogen-bond acceptors (Lipinski definition) is 2. The number of nitrogens with one attached hydrogen (secondary N) is 1. The molecular weight excluding hydrogens is 186 g/mol. The van der Waals surface area contributed by atoms with Crippen LogP contribution in [-0.4, -0.2) is 25.3 Å². The zero-order valence-corrected chi connectivity index (χ0v) is 8.98. The molecular formula is C10H20ClNO. The number of alkyl halides is 1. The van der Waals surface area contributed by atoms with Crippen LogP contribution in [0.15, 0.2) is 0 Å². The highest BCUT2D eigenvalue weighted by atomic mass is 35.5. The molecule has 0 amide bonds. The molecule has 0 bridgehead atoms. The van der Waals surface area contributed by atoms with Gasteiger partial charge < -0.3 is 4.74 Å². The van der Waals surface area contributed by atoms with E-state index in [9.17, 15) is 0 Å². The summed E-state index contributed by atoms with van der Waals surface area (Å²) in [6, 6.07) is 0. The summed E-state index contributed by atoms with van der Waals surface area (Å²) in [5, 5.41) is 3.32. The van der Waals surface area contributed by atoms with Gasteiger partial charge in [-0.2, -0.15) is 0 Å². The Hall–Kier alpha value is 0.210. The summed E-state index contributed by atoms with van der Waals surface area (Å²) >= 11 is 5.58. The van der Waals surface area contributed by atoms with Gasteiger partial charge in [0.15, 0.2) is 0 Å². The third-order valence-corrected chi connectivity index (χ3v) is 2.63. The number of hydrogen-bond donors (Lipinski definition) is 1. The minimum Gasteiger partial charge on any atom is -0.363 e. The predicted molar refractivity (Wildman–Crippen MR) is 56.2 cm³/mol. The fraction of sp³-hybridized carbons (Fsp3) is 1.00. The van der Waals surface area contributed by atoms with Crippen LogP contribution in [0.4, 0.5) is 0 Å². The monoisotopic (exact) mass is 205 g/mol. The van der Waals surface area contributed by atoms with E-state index in [1.807, 2.05) is 0 Å². The van der Waals surface area contributed by atoms with E-state index in [1.165, 1.54) is 32.1 Å². The van der Waals surface area contributed by atoms with Gasteiger partial charge in [0, 0.05) is 12.5 Å². The van der Waals surface area contributed by atoms with Crippen LogP contribution in [0.25, 0.3) is 0 Å². The van der Waals surface area contributed by atoms with E-state index in [0.717, 1.165) is 25.5 Å². The molecule has 1 N–H and O–H groups in total. The van der Waals surface area contributed by atoms with Gasteiger partial charge in [-0.05, 0) is 32.2 Å². The van der Waals surface area contributed by atoms with E-state index in [4.69, 9.17) is 16.3 Å². The molecule has 3 heteroatoms. The minimum atomic E-state index is 0.341. The third-order valence-electron chi connectivity index (χ3n) is 2.36. The molecule has 1 heterocycles. The van der Waals surface area contributed by atoms with Crippen molar-refractivity contribution < 1.29 is 4.74 Å². The predicted octanol–water partition coefficient (Wildman–Crippen LogP) is 2.51. The Bertz CT molecular complexity index is 115. The SMILES string of the molecule is ClCCCCCCOC1CCCN1. The van der Waals surface area contributed by atoms with Gasteiger partial charge in [0.25, 0.3) is 0 Å². The Kier molecular flexibility index (Phi) is 6.60. The minimum absolute atomic E-state index is 0.341. The number of rotatable bonds is 7. The molecule has 0 aromatic carbocycles. The van der Waals surface area contributed by atoms with Crippen LogP contribution in [0.2, 0.25) is 0 Å². The topological polar surface area (TPSA) is 21.3 Å². The number of unbranched alkanes of at least 4 members (excludes halogenated alkanes) is 3. The average molecular weight is 206 g/mol. The fourth-order valence-corrected chi connectivity index (χ4v) is 1.76. The molecule has 1 atom stereocenters. The van der Waals surface area contributed by atoms with Gasteiger partial charge in [0.05, 0.1) is 0 Å². The first-order valence-corrected chi connectivity index (χ1v) is 5.88. The smallest absolute Gasteiger partial charge is 0.108 e. The molecule has 0 aromatic rings. The van der Waals surface area contributed by atoms with Crippen molar-refractivity contribution in [1.29, 1.82) is 0 Å². The summed E-state index contributed by atoms with van der Waals surface area (Å²) < 4.78 is 5.64. The van der Waals surface area contributed by atoms with Crippen LogP contribution in [0, 0.1) is 0 Å². The van der Waals surface area contributed by atoms with Crippen molar-refractivity contribution >= 4 is 11.6 Å². The molecule has 1 aliphatic rings. The highest BCUT2D eigenvalue weighted by Gasteiger charge is 2.12. The molecule has 1 fully saturated rings. The molecule has 1 unspecified atom stereocenters. The maximum absolute atomic E-state index is 5.64. The van der Waals surface area contributed by atoms with Crippen molar-refractivity contribution in [1.82, 2.24) is 5.32 Å². The van der Waals surface area contributed by atoms with E-state index in [1.54, 1.807) is 0 Å². The van der Waals surface area contributed by atoms with Gasteiger partial charge in [0.2, 0.25) is 0 Å². The Labute approximate surface area is 86.0 Å². The second-order valence-corrected chi connectivity index (χ2v) is 3.94. The normalized spacial score (nSPS) is 22.4. The summed E-state index contributed by atoms with van der Waals surface area (Å²) in [4.78, 5) is 0. The van der Waals surface area contributed by atoms with Crippen molar-refractivity contribution in [3.8, 4) is 0 Å². The molecule has 0 aromatic heterocycles. The van der Waals surface area contributed by atoms with Crippen LogP contribution >= 0.6 is 11.6 Å². The lowest BCUT2D eigenvalue weighted by Crippen LogP contribution is -2.24. The largest absolute Gasteiger partial charge is 0.363 e. The van der Waals surface area contributed by atoms with Crippen LogP contribution in [0.5, 0.6) is 0 Å². The molecule has 0 radical (unpaired) electrons. The summed E-state index contributed by atoms with van der Waals surface area (Å²) in [7, 11) is 0. The van der Waals surface area contributed by atoms with Crippen molar-refractivity contribution in [2.75, 3.05) is 19.0 Å². The first-order chi connectivity index (χ1) is 6.43. The Morgan fingerprint density at radius 2 is 2.08 bits per heavy atom. The molecule has 1 aliphatic heterocycles. The van der Waals surface area contributed by atoms with Gasteiger partial charge in [-0.1, -0.05) is 12.8 Å². The highest BCUT2D eigenvalue weighted by Crippen LogP contribution is 2.08. The van der Waals surface area contributed by atoms with Crippen LogP contribution in [0.3, 0.4) is 0 Å². The number of halogens is 1. The fourth-order valence-electron chi connectivity index (χ4n) is 1.57. The van der Waals surface area contributed by atoms with Crippen LogP contribution in [0.1, 0.15) is 38.5 Å². The molecule has 0 spiro atoms. The maximum atomic E-state index is 5.64. The van der Waals surface area contributed by atoms with Crippen LogP contribution < -0.4 is 5.32 Å². The third kappa shape index (κ3) is 5.50. The van der Waals surface area contributed by atoms with Crippen LogP contribution in [-0.2, 0) is 4.74 Å². The standard InChI is InChI=1S/C10H20ClNO/c11-7-3-1-2-4-9-13-10-6-5-8-12-10/h10,12H,1-9H2. The summed E-state index contributed by atoms with van der Waals surface area (Å²) in [5.41, 5.74) is 0. The first-order valence-electron chi connectivity index (χ1n) is 5.34. The zero-order chi connectivity index (χ0) is 9.36. The Morgan fingerprint density at radius 3 is 2.77 bits per heavy atom. The molecule has 1 saturated heterocycles. The van der Waals surface area contributed by atoms with E-state index >= 15 is 0 Å². The molecule has 78 valence electrons. The zero-order valence-electron chi connectivity index (χ0n) is 8.23. The van der Waals surface area contributed by atoms with Gasteiger partial charge in [-0.25, -0.2) is 0 Å². The van der Waals surface area contributed by atoms with E-state index in [-0.39, 0.29) is 0 Å². The second-order valence-electron chi connectivity index (χ2n) is 3.56. The highest BCUT2D eigenvalue weighted by molar-refractivity contribution is 6.17. The molecule has 0 saturated carbocycles. The second kappa shape index (κ2) is 7.60. The summed E-state index contributed by atoms with van der Waals surface area (Å²) in [6.45, 7) is 2.02. The van der Waals surface area contributed by atoms with Gasteiger partial charge in [-0.3, -0.25) is 5.32 Å². The lowest BCUT2D eigenvalue weighted by Gasteiger charge is -2.11. The van der Waals surface area contributed by atoms with E-state index < -0.39 is 0 Å². The van der Waals surface area contributed by atoms with Gasteiger partial charge >= 0.3 is 0 Å². The Balaban J connectivity index is 1.78. The van der Waals surface area contributed by atoms with Crippen molar-refractivity contribution in [3.05, 3.63) is 0 Å². The van der Waals surface area contributed by atoms with Crippen molar-refractivity contribution in [2.45, 2.75) is 44.8 Å². The summed E-state index contributed by atoms with van der Waals surface area (Å²) in [6.07, 6.45) is 7.59. The quantitative estimate of drug-likeness (QED) is 0.510. The van der Waals surface area contributed by atoms with Crippen molar-refractivity contribution in [3.63, 3.8) is 0 Å². The lowest BCUT2D eigenvalue weighted by atomic mass is 10.2. The maximum Gasteiger partial charge on any atom is 0.108 e. The molecule has 2 nitrogen and oxygen atoms in total. The molecule has 1 rings (SSSR count). The van der Waals surface area contributed by atoms with E-state index in [2.05, 4.69) is 5.32 Å². The average Bonchev–Trinajstić information content (AvgIpc) is 2.63.